The summed E-state index contributed by atoms with van der Waals surface area (Å²) in [5.41, 5.74) is 4.30. The number of halogens is 2. The number of carbonyl (C=O) groups excluding carboxylic acids is 4. The maximum Gasteiger partial charge on any atom is 0.275 e. The predicted octanol–water partition coefficient (Wildman–Crippen LogP) is 6.52. The molecule has 9 heteroatoms. The first-order valence-corrected chi connectivity index (χ1v) is 15.0. The first-order valence-electron chi connectivity index (χ1n) is 14.2. The van der Waals surface area contributed by atoms with Gasteiger partial charge < -0.3 is 4.74 Å². The third kappa shape index (κ3) is 4.10. The van der Waals surface area contributed by atoms with Crippen LogP contribution in [0.1, 0.15) is 61.7 Å². The number of ketones is 1. The van der Waals surface area contributed by atoms with Crippen LogP contribution >= 0.6 is 23.2 Å². The quantitative estimate of drug-likeness (QED) is 0.180. The monoisotopic (exact) mass is 624 g/mol. The fourth-order valence-electron chi connectivity index (χ4n) is 7.21. The van der Waals surface area contributed by atoms with Crippen LogP contribution in [0, 0.1) is 11.8 Å². The summed E-state index contributed by atoms with van der Waals surface area (Å²) in [6.45, 7) is 1.51. The Bertz CT molecular complexity index is 1760. The van der Waals surface area contributed by atoms with E-state index in [0.717, 1.165) is 32.3 Å². The highest BCUT2D eigenvalue weighted by Crippen LogP contribution is 2.61. The van der Waals surface area contributed by atoms with Gasteiger partial charge in [0, 0.05) is 22.4 Å². The number of carbonyl (C=O) groups is 4. The zero-order chi connectivity index (χ0) is 30.9. The summed E-state index contributed by atoms with van der Waals surface area (Å²) in [4.78, 5) is 57.3. The average molecular weight is 626 g/mol. The molecule has 4 aromatic rings. The van der Waals surface area contributed by atoms with Gasteiger partial charge >= 0.3 is 0 Å². The highest BCUT2D eigenvalue weighted by Gasteiger charge is 2.63. The highest BCUT2D eigenvalue weighted by atomic mass is 35.5. The molecule has 44 heavy (non-hydrogen) atoms. The van der Waals surface area contributed by atoms with Gasteiger partial charge in [0.25, 0.3) is 17.7 Å². The fraction of sp³-hybridized carbons (Fsp3) is 0.200. The summed E-state index contributed by atoms with van der Waals surface area (Å²) >= 11 is 12.6. The van der Waals surface area contributed by atoms with E-state index in [2.05, 4.69) is 0 Å². The summed E-state index contributed by atoms with van der Waals surface area (Å²) in [5.74, 6) is -3.93. The number of hydrogen-bond donors (Lipinski definition) is 0. The standard InChI is InChI=1S/C35H26Cl2N2O5/c1-18(32(40)19-11-14-21(44-2)15-12-19)38(33(41)26-16-13-20(36)17-27(26)37)39-34(42)30-28-22-7-3-4-8-23(22)29(31(30)35(39)43)25-10-6-5-9-24(25)28/h3-18,28-31H,1-2H3/t18-,28?,29?,30-,31-/m0/s1. The lowest BCUT2D eigenvalue weighted by molar-refractivity contribution is -0.156. The predicted molar refractivity (Wildman–Crippen MR) is 165 cm³/mol. The van der Waals surface area contributed by atoms with E-state index in [9.17, 15) is 19.2 Å². The van der Waals surface area contributed by atoms with Crippen molar-refractivity contribution in [1.82, 2.24) is 10.0 Å². The van der Waals surface area contributed by atoms with Gasteiger partial charge in [-0.3, -0.25) is 19.2 Å². The second-order valence-corrected chi connectivity index (χ2v) is 12.1. The first kappa shape index (κ1) is 28.3. The summed E-state index contributed by atoms with van der Waals surface area (Å²) in [6, 6.07) is 25.3. The number of amides is 3. The van der Waals surface area contributed by atoms with Gasteiger partial charge in [0.1, 0.15) is 11.8 Å². The second-order valence-electron chi connectivity index (χ2n) is 11.3. The molecule has 0 radical (unpaired) electrons. The van der Waals surface area contributed by atoms with E-state index in [-0.39, 0.29) is 28.0 Å². The molecule has 4 aliphatic rings. The number of Topliss-reactive ketones (excluding diaryl/α,β-unsaturated/α-hetero) is 1. The smallest absolute Gasteiger partial charge is 0.275 e. The summed E-state index contributed by atoms with van der Waals surface area (Å²) < 4.78 is 5.22. The molecule has 1 heterocycles. The molecule has 7 nitrogen and oxygen atoms in total. The van der Waals surface area contributed by atoms with E-state index in [1.807, 2.05) is 48.5 Å². The zero-order valence-corrected chi connectivity index (χ0v) is 25.3. The Labute approximate surface area is 263 Å². The van der Waals surface area contributed by atoms with Gasteiger partial charge in [-0.05, 0) is 71.6 Å². The molecule has 2 bridgehead atoms. The SMILES string of the molecule is COc1ccc(C(=O)[C@H](C)N(C(=O)c2ccc(Cl)cc2Cl)N2C(=O)[C@H]3C4c5ccccc5C(c5ccccc54)[C@@H]3C2=O)cc1. The van der Waals surface area contributed by atoms with Crippen LogP contribution in [0.25, 0.3) is 0 Å². The number of hydrogen-bond acceptors (Lipinski definition) is 5. The van der Waals surface area contributed by atoms with Crippen LogP contribution in [0.2, 0.25) is 10.0 Å². The third-order valence-corrected chi connectivity index (χ3v) is 9.68. The summed E-state index contributed by atoms with van der Waals surface area (Å²) in [6.07, 6.45) is 0. The van der Waals surface area contributed by atoms with Gasteiger partial charge in [-0.1, -0.05) is 71.7 Å². The number of benzene rings is 4. The van der Waals surface area contributed by atoms with Gasteiger partial charge in [-0.25, -0.2) is 5.01 Å². The van der Waals surface area contributed by atoms with Gasteiger partial charge in [0.2, 0.25) is 0 Å². The van der Waals surface area contributed by atoms with Crippen molar-refractivity contribution in [2.45, 2.75) is 24.8 Å². The van der Waals surface area contributed by atoms with E-state index in [1.54, 1.807) is 24.3 Å². The van der Waals surface area contributed by atoms with Gasteiger partial charge in [0.15, 0.2) is 5.78 Å². The number of nitrogens with zero attached hydrogens (tertiary/aromatic N) is 2. The number of ether oxygens (including phenoxy) is 1. The Morgan fingerprint density at radius 2 is 1.27 bits per heavy atom. The molecule has 3 atom stereocenters. The number of hydrazine groups is 1. The largest absolute Gasteiger partial charge is 0.497 e. The molecule has 0 spiro atoms. The van der Waals surface area contributed by atoms with Crippen molar-refractivity contribution in [3.05, 3.63) is 134 Å². The third-order valence-electron chi connectivity index (χ3n) is 9.13. The molecule has 3 aliphatic carbocycles. The van der Waals surface area contributed by atoms with Crippen LogP contribution in [0.15, 0.2) is 91.0 Å². The van der Waals surface area contributed by atoms with Crippen LogP contribution in [0.4, 0.5) is 0 Å². The minimum Gasteiger partial charge on any atom is -0.497 e. The Kier molecular flexibility index (Phi) is 6.83. The Morgan fingerprint density at radius 1 is 0.773 bits per heavy atom. The second kappa shape index (κ2) is 10.6. The van der Waals surface area contributed by atoms with Crippen molar-refractivity contribution in [3.8, 4) is 5.75 Å². The van der Waals surface area contributed by atoms with Crippen LogP contribution in [-0.2, 0) is 9.59 Å². The van der Waals surface area contributed by atoms with Crippen molar-refractivity contribution in [3.63, 3.8) is 0 Å². The average Bonchev–Trinajstić information content (AvgIpc) is 3.30. The lowest BCUT2D eigenvalue weighted by Crippen LogP contribution is -2.56. The summed E-state index contributed by atoms with van der Waals surface area (Å²) in [5, 5.41) is 2.24. The maximum absolute atomic E-state index is 14.6. The van der Waals surface area contributed by atoms with Crippen LogP contribution in [-0.4, -0.2) is 46.7 Å². The van der Waals surface area contributed by atoms with Crippen LogP contribution in [0.3, 0.4) is 0 Å². The van der Waals surface area contributed by atoms with Crippen LogP contribution < -0.4 is 4.74 Å². The molecule has 4 aromatic carbocycles. The molecular weight excluding hydrogens is 599 g/mol. The summed E-state index contributed by atoms with van der Waals surface area (Å²) in [7, 11) is 1.52. The normalized spacial score (nSPS) is 21.8. The molecule has 1 fully saturated rings. The molecule has 1 saturated heterocycles. The van der Waals surface area contributed by atoms with Gasteiger partial charge in [0.05, 0.1) is 29.5 Å². The van der Waals surface area contributed by atoms with Crippen molar-refractivity contribution in [2.75, 3.05) is 7.11 Å². The molecule has 220 valence electrons. The molecular formula is C35H26Cl2N2O5. The van der Waals surface area contributed by atoms with Gasteiger partial charge in [-0.2, -0.15) is 5.01 Å². The van der Waals surface area contributed by atoms with Crippen molar-refractivity contribution in [1.29, 1.82) is 0 Å². The molecule has 1 aliphatic heterocycles. The van der Waals surface area contributed by atoms with Crippen LogP contribution in [0.5, 0.6) is 5.75 Å². The van der Waals surface area contributed by atoms with Crippen molar-refractivity contribution >= 4 is 46.7 Å². The number of methoxy groups -OCH3 is 1. The minimum atomic E-state index is -1.24. The number of imide groups is 1. The van der Waals surface area contributed by atoms with E-state index in [4.69, 9.17) is 27.9 Å². The number of rotatable bonds is 6. The Hall–Kier alpha value is -4.46. The molecule has 0 aromatic heterocycles. The molecule has 0 unspecified atom stereocenters. The Morgan fingerprint density at radius 3 is 1.73 bits per heavy atom. The van der Waals surface area contributed by atoms with Crippen molar-refractivity contribution < 1.29 is 23.9 Å². The molecule has 0 saturated carbocycles. The lowest BCUT2D eigenvalue weighted by Gasteiger charge is -2.45. The molecule has 0 N–H and O–H groups in total. The topological polar surface area (TPSA) is 84.0 Å². The Balaban J connectivity index is 1.35. The highest BCUT2D eigenvalue weighted by molar-refractivity contribution is 6.36. The van der Waals surface area contributed by atoms with E-state index in [0.29, 0.717) is 10.8 Å². The van der Waals surface area contributed by atoms with Gasteiger partial charge in [-0.15, -0.1) is 0 Å². The minimum absolute atomic E-state index is 0.00969. The zero-order valence-electron chi connectivity index (χ0n) is 23.7. The molecule has 8 rings (SSSR count). The molecule has 3 amide bonds. The first-order chi connectivity index (χ1) is 21.2. The van der Waals surface area contributed by atoms with E-state index < -0.39 is 41.4 Å². The van der Waals surface area contributed by atoms with Crippen molar-refractivity contribution in [2.24, 2.45) is 11.8 Å². The fourth-order valence-corrected chi connectivity index (χ4v) is 7.70. The van der Waals surface area contributed by atoms with E-state index in [1.165, 1.54) is 32.2 Å². The maximum atomic E-state index is 14.6. The lowest BCUT2D eigenvalue weighted by atomic mass is 9.55. The van der Waals surface area contributed by atoms with E-state index >= 15 is 0 Å².